The highest BCUT2D eigenvalue weighted by molar-refractivity contribution is 8.00. The number of thioether (sulfide) groups is 3. The molecule has 0 unspecified atom stereocenters. The van der Waals surface area contributed by atoms with Crippen LogP contribution in [0.2, 0.25) is 0 Å². The number of hydrogen-bond acceptors (Lipinski definition) is 5. The van der Waals surface area contributed by atoms with Crippen molar-refractivity contribution in [1.82, 2.24) is 0 Å². The lowest BCUT2D eigenvalue weighted by Crippen LogP contribution is -2.26. The van der Waals surface area contributed by atoms with Gasteiger partial charge in [0, 0.05) is 24.3 Å². The zero-order valence-corrected chi connectivity index (χ0v) is 22.0. The highest BCUT2D eigenvalue weighted by Gasteiger charge is 2.09. The van der Waals surface area contributed by atoms with E-state index in [1.54, 1.807) is 6.08 Å². The smallest absolute Gasteiger partial charge is 0.185 e. The lowest BCUT2D eigenvalue weighted by molar-refractivity contribution is 0.104. The molecule has 0 saturated carbocycles. The first-order valence-electron chi connectivity index (χ1n) is 11.9. The maximum Gasteiger partial charge on any atom is 0.185 e. The lowest BCUT2D eigenvalue weighted by atomic mass is 10.1. The average molecular weight is 522 g/mol. The number of rotatable bonds is 4. The summed E-state index contributed by atoms with van der Waals surface area (Å²) < 4.78 is 26.5. The van der Waals surface area contributed by atoms with Crippen LogP contribution in [-0.2, 0) is 0 Å². The Morgan fingerprint density at radius 2 is 1.29 bits per heavy atom. The van der Waals surface area contributed by atoms with E-state index in [9.17, 15) is 13.6 Å². The highest BCUT2D eigenvalue weighted by atomic mass is 32.2. The van der Waals surface area contributed by atoms with Crippen LogP contribution < -0.4 is 4.90 Å². The van der Waals surface area contributed by atoms with Gasteiger partial charge in [-0.15, -0.1) is 0 Å². The minimum absolute atomic E-state index is 0.137. The quantitative estimate of drug-likeness (QED) is 0.307. The third kappa shape index (κ3) is 9.67. The summed E-state index contributed by atoms with van der Waals surface area (Å²) in [5.74, 6) is 5.17. The van der Waals surface area contributed by atoms with Gasteiger partial charge in [-0.2, -0.15) is 35.3 Å². The van der Waals surface area contributed by atoms with Gasteiger partial charge in [0.25, 0.3) is 0 Å². The van der Waals surface area contributed by atoms with E-state index in [4.69, 9.17) is 0 Å². The Kier molecular flexibility index (Phi) is 12.4. The van der Waals surface area contributed by atoms with E-state index < -0.39 is 11.6 Å². The van der Waals surface area contributed by atoms with Gasteiger partial charge >= 0.3 is 0 Å². The van der Waals surface area contributed by atoms with E-state index in [1.165, 1.54) is 78.0 Å². The predicted molar refractivity (Wildman–Crippen MR) is 149 cm³/mol. The molecule has 0 amide bonds. The molecule has 2 aromatic carbocycles. The molecule has 0 spiro atoms. The third-order valence-corrected chi connectivity index (χ3v) is 8.94. The minimum Gasteiger partial charge on any atom is -0.371 e. The predicted octanol–water partition coefficient (Wildman–Crippen LogP) is 7.44. The Hall–Kier alpha value is -1.44. The summed E-state index contributed by atoms with van der Waals surface area (Å²) in [6.45, 7) is 2.10. The Morgan fingerprint density at radius 1 is 0.735 bits per heavy atom. The number of halogens is 2. The van der Waals surface area contributed by atoms with Crippen molar-refractivity contribution in [2.45, 2.75) is 25.7 Å². The molecule has 7 heteroatoms. The average Bonchev–Trinajstić information content (AvgIpc) is 2.84. The molecule has 1 heterocycles. The van der Waals surface area contributed by atoms with Gasteiger partial charge < -0.3 is 4.90 Å². The summed E-state index contributed by atoms with van der Waals surface area (Å²) in [5, 5.41) is 0. The van der Waals surface area contributed by atoms with Crippen LogP contribution >= 0.6 is 35.3 Å². The number of carbonyl (C=O) groups excluding carboxylic acids is 1. The Morgan fingerprint density at radius 3 is 1.85 bits per heavy atom. The second kappa shape index (κ2) is 15.5. The van der Waals surface area contributed by atoms with Crippen molar-refractivity contribution in [2.24, 2.45) is 0 Å². The SMILES string of the molecule is O=C(/C=C/c1ccc(N2CCCSCCCSCCCSCCC2)cc1)c1ccc(F)c(F)c1. The fourth-order valence-electron chi connectivity index (χ4n) is 3.63. The highest BCUT2D eigenvalue weighted by Crippen LogP contribution is 2.20. The molecule has 1 aliphatic rings. The Balaban J connectivity index is 1.57. The number of allylic oxidation sites excluding steroid dienone is 1. The summed E-state index contributed by atoms with van der Waals surface area (Å²) >= 11 is 6.24. The maximum absolute atomic E-state index is 13.4. The first kappa shape index (κ1) is 27.2. The largest absolute Gasteiger partial charge is 0.371 e. The van der Waals surface area contributed by atoms with Gasteiger partial charge in [0.1, 0.15) is 0 Å². The van der Waals surface area contributed by atoms with Crippen molar-refractivity contribution >= 4 is 52.8 Å². The zero-order valence-electron chi connectivity index (χ0n) is 19.5. The number of carbonyl (C=O) groups is 1. The van der Waals surface area contributed by atoms with Crippen LogP contribution in [0.15, 0.2) is 48.5 Å². The molecule has 0 aromatic heterocycles. The van der Waals surface area contributed by atoms with E-state index in [0.717, 1.165) is 30.8 Å². The maximum atomic E-state index is 13.4. The van der Waals surface area contributed by atoms with Gasteiger partial charge in [-0.05, 0) is 102 Å². The lowest BCUT2D eigenvalue weighted by Gasteiger charge is -2.25. The van der Waals surface area contributed by atoms with Crippen LogP contribution in [0.25, 0.3) is 6.08 Å². The molecule has 3 rings (SSSR count). The van der Waals surface area contributed by atoms with E-state index in [2.05, 4.69) is 52.3 Å². The van der Waals surface area contributed by atoms with E-state index in [1.807, 2.05) is 12.1 Å². The number of hydrogen-bond donors (Lipinski definition) is 0. The van der Waals surface area contributed by atoms with Gasteiger partial charge in [-0.1, -0.05) is 18.2 Å². The summed E-state index contributed by atoms with van der Waals surface area (Å²) in [4.78, 5) is 14.8. The molecule has 0 atom stereocenters. The van der Waals surface area contributed by atoms with E-state index in [0.29, 0.717) is 0 Å². The van der Waals surface area contributed by atoms with Crippen molar-refractivity contribution < 1.29 is 13.6 Å². The van der Waals surface area contributed by atoms with Gasteiger partial charge in [-0.25, -0.2) is 8.78 Å². The summed E-state index contributed by atoms with van der Waals surface area (Å²) in [5.41, 5.74) is 2.24. The summed E-state index contributed by atoms with van der Waals surface area (Å²) in [6, 6.07) is 11.4. The molecular formula is C27H33F2NOS3. The molecule has 1 saturated heterocycles. The first-order chi connectivity index (χ1) is 16.6. The number of anilines is 1. The van der Waals surface area contributed by atoms with Crippen LogP contribution in [-0.4, -0.2) is 53.4 Å². The molecule has 184 valence electrons. The third-order valence-electron chi connectivity index (χ3n) is 5.48. The molecule has 2 aromatic rings. The molecule has 2 nitrogen and oxygen atoms in total. The van der Waals surface area contributed by atoms with Crippen LogP contribution in [0.4, 0.5) is 14.5 Å². The van der Waals surface area contributed by atoms with Gasteiger partial charge in [-0.3, -0.25) is 4.79 Å². The molecule has 34 heavy (non-hydrogen) atoms. The van der Waals surface area contributed by atoms with Crippen LogP contribution in [0.3, 0.4) is 0 Å². The van der Waals surface area contributed by atoms with Crippen LogP contribution in [0.1, 0.15) is 41.6 Å². The topological polar surface area (TPSA) is 20.3 Å². The number of ketones is 1. The fraction of sp³-hybridized carbons (Fsp3) is 0.444. The number of benzene rings is 2. The summed E-state index contributed by atoms with van der Waals surface area (Å²) in [6.07, 6.45) is 8.08. The van der Waals surface area contributed by atoms with Crippen molar-refractivity contribution in [3.05, 3.63) is 71.3 Å². The van der Waals surface area contributed by atoms with Gasteiger partial charge in [0.15, 0.2) is 17.4 Å². The second-order valence-corrected chi connectivity index (χ2v) is 11.8. The standard InChI is InChI=1S/C27H33F2NOS3/c28-25-11-8-23(21-26(25)29)27(31)12-7-22-5-9-24(10-6-22)30-13-1-15-32-17-3-19-34-20-4-18-33-16-2-14-30/h5-12,21H,1-4,13-20H2/b12-7+. The molecule has 0 bridgehead atoms. The first-order valence-corrected chi connectivity index (χ1v) is 15.4. The fourth-order valence-corrected chi connectivity index (χ4v) is 6.67. The molecule has 1 fully saturated rings. The Bertz CT molecular complexity index is 905. The number of nitrogens with zero attached hydrogens (tertiary/aromatic N) is 1. The summed E-state index contributed by atoms with van der Waals surface area (Å²) in [7, 11) is 0. The van der Waals surface area contributed by atoms with E-state index in [-0.39, 0.29) is 11.3 Å². The van der Waals surface area contributed by atoms with Crippen molar-refractivity contribution in [3.8, 4) is 0 Å². The van der Waals surface area contributed by atoms with Gasteiger partial charge in [0.2, 0.25) is 0 Å². The molecular weight excluding hydrogens is 489 g/mol. The second-order valence-electron chi connectivity index (χ2n) is 8.16. The Labute approximate surface area is 215 Å². The van der Waals surface area contributed by atoms with Crippen LogP contribution in [0, 0.1) is 11.6 Å². The monoisotopic (exact) mass is 521 g/mol. The molecule has 1 aliphatic heterocycles. The van der Waals surface area contributed by atoms with Crippen molar-refractivity contribution in [3.63, 3.8) is 0 Å². The van der Waals surface area contributed by atoms with Gasteiger partial charge in [0.05, 0.1) is 0 Å². The molecule has 0 N–H and O–H groups in total. The van der Waals surface area contributed by atoms with E-state index >= 15 is 0 Å². The minimum atomic E-state index is -1.01. The molecule has 0 aliphatic carbocycles. The molecule has 0 radical (unpaired) electrons. The van der Waals surface area contributed by atoms with Crippen LogP contribution in [0.5, 0.6) is 0 Å². The van der Waals surface area contributed by atoms with Crippen molar-refractivity contribution in [1.29, 1.82) is 0 Å². The normalized spacial score (nSPS) is 17.6. The zero-order chi connectivity index (χ0) is 24.0. The van der Waals surface area contributed by atoms with Crippen molar-refractivity contribution in [2.75, 3.05) is 52.5 Å².